The molecule has 2 aromatic rings. The predicted octanol–water partition coefficient (Wildman–Crippen LogP) is 0.735. The Bertz CT molecular complexity index is 473. The van der Waals surface area contributed by atoms with E-state index < -0.39 is 0 Å². The van der Waals surface area contributed by atoms with E-state index in [2.05, 4.69) is 5.10 Å². The average molecular weight is 198 g/mol. The summed E-state index contributed by atoms with van der Waals surface area (Å²) in [5.74, 6) is 0.393. The zero-order valence-electron chi connectivity index (χ0n) is 6.85. The minimum absolute atomic E-state index is 0.142. The first-order valence-corrected chi connectivity index (χ1v) is 4.46. The average Bonchev–Trinajstić information content (AvgIpc) is 2.46. The van der Waals surface area contributed by atoms with Crippen molar-refractivity contribution < 1.29 is 0 Å². The topological polar surface area (TPSA) is 39.3 Å². The van der Waals surface area contributed by atoms with Crippen LogP contribution in [0, 0.1) is 0 Å². The van der Waals surface area contributed by atoms with Crippen LogP contribution in [0.15, 0.2) is 29.2 Å². The zero-order chi connectivity index (χ0) is 9.26. The van der Waals surface area contributed by atoms with Gasteiger partial charge in [-0.3, -0.25) is 4.40 Å². The maximum Gasteiger partial charge on any atom is 0.350 e. The highest BCUT2D eigenvalue weighted by Crippen LogP contribution is 1.94. The summed E-state index contributed by atoms with van der Waals surface area (Å²) in [6.07, 6.45) is 1.69. The van der Waals surface area contributed by atoms with Crippen molar-refractivity contribution in [3.63, 3.8) is 0 Å². The highest BCUT2D eigenvalue weighted by Gasteiger charge is 2.03. The highest BCUT2D eigenvalue weighted by molar-refractivity contribution is 6.17. The van der Waals surface area contributed by atoms with E-state index in [9.17, 15) is 4.79 Å². The van der Waals surface area contributed by atoms with E-state index in [1.54, 1.807) is 18.3 Å². The molecule has 0 saturated carbocycles. The summed E-state index contributed by atoms with van der Waals surface area (Å²) in [4.78, 5) is 11.5. The number of hydrogen-bond donors (Lipinski definition) is 0. The van der Waals surface area contributed by atoms with Crippen molar-refractivity contribution >= 4 is 17.2 Å². The first-order valence-electron chi connectivity index (χ1n) is 3.93. The molecule has 68 valence electrons. The summed E-state index contributed by atoms with van der Waals surface area (Å²) in [5.41, 5.74) is 0.508. The molecule has 0 aliphatic heterocycles. The monoisotopic (exact) mass is 197 g/mol. The van der Waals surface area contributed by atoms with Crippen LogP contribution >= 0.6 is 11.6 Å². The Labute approximate surface area is 79.4 Å². The van der Waals surface area contributed by atoms with Gasteiger partial charge in [-0.2, -0.15) is 0 Å². The third kappa shape index (κ3) is 1.33. The van der Waals surface area contributed by atoms with Crippen molar-refractivity contribution in [2.75, 3.05) is 5.88 Å². The smallest absolute Gasteiger partial charge is 0.250 e. The lowest BCUT2D eigenvalue weighted by molar-refractivity contribution is 0.637. The van der Waals surface area contributed by atoms with Gasteiger partial charge in [-0.1, -0.05) is 6.07 Å². The number of nitrogens with zero attached hydrogens (tertiary/aromatic N) is 3. The van der Waals surface area contributed by atoms with Gasteiger partial charge in [0, 0.05) is 12.1 Å². The molecular formula is C8H8ClN3O. The molecule has 0 fully saturated rings. The number of alkyl halides is 1. The number of fused-ring (bicyclic) bond motifs is 1. The lowest BCUT2D eigenvalue weighted by atomic mass is 10.5. The van der Waals surface area contributed by atoms with Crippen LogP contribution in [0.2, 0.25) is 0 Å². The SMILES string of the molecule is O=c1n(CCCl)nc2ccccn12. The van der Waals surface area contributed by atoms with Crippen LogP contribution in [0.1, 0.15) is 0 Å². The molecule has 0 radical (unpaired) electrons. The molecule has 0 aliphatic carbocycles. The summed E-state index contributed by atoms with van der Waals surface area (Å²) < 4.78 is 2.86. The summed E-state index contributed by atoms with van der Waals surface area (Å²) in [6.45, 7) is 0.446. The van der Waals surface area contributed by atoms with Gasteiger partial charge >= 0.3 is 5.69 Å². The fraction of sp³-hybridized carbons (Fsp3) is 0.250. The molecule has 0 unspecified atom stereocenters. The van der Waals surface area contributed by atoms with Gasteiger partial charge in [0.25, 0.3) is 0 Å². The molecule has 0 spiro atoms. The first kappa shape index (κ1) is 8.31. The van der Waals surface area contributed by atoms with Crippen molar-refractivity contribution in [3.05, 3.63) is 34.9 Å². The van der Waals surface area contributed by atoms with Crippen LogP contribution in [0.25, 0.3) is 5.65 Å². The third-order valence-corrected chi connectivity index (χ3v) is 1.95. The van der Waals surface area contributed by atoms with Crippen LogP contribution in [-0.2, 0) is 6.54 Å². The number of aromatic nitrogens is 3. The van der Waals surface area contributed by atoms with Crippen molar-refractivity contribution in [3.8, 4) is 0 Å². The Morgan fingerprint density at radius 2 is 2.31 bits per heavy atom. The van der Waals surface area contributed by atoms with Crippen LogP contribution in [0.5, 0.6) is 0 Å². The van der Waals surface area contributed by atoms with E-state index in [-0.39, 0.29) is 5.69 Å². The largest absolute Gasteiger partial charge is 0.350 e. The van der Waals surface area contributed by atoms with Crippen molar-refractivity contribution in [1.82, 2.24) is 14.2 Å². The molecule has 4 nitrogen and oxygen atoms in total. The lowest BCUT2D eigenvalue weighted by Crippen LogP contribution is -2.21. The lowest BCUT2D eigenvalue weighted by Gasteiger charge is -1.89. The van der Waals surface area contributed by atoms with Gasteiger partial charge in [0.2, 0.25) is 0 Å². The minimum Gasteiger partial charge on any atom is -0.250 e. The standard InChI is InChI=1S/C8H8ClN3O/c9-4-6-12-8(13)11-5-2-1-3-7(11)10-12/h1-3,5H,4,6H2. The Balaban J connectivity index is 2.67. The quantitative estimate of drug-likeness (QED) is 0.666. The van der Waals surface area contributed by atoms with Gasteiger partial charge in [0.15, 0.2) is 5.65 Å². The van der Waals surface area contributed by atoms with E-state index >= 15 is 0 Å². The van der Waals surface area contributed by atoms with Crippen LogP contribution in [0.4, 0.5) is 0 Å². The molecule has 0 bridgehead atoms. The van der Waals surface area contributed by atoms with Crippen molar-refractivity contribution in [2.45, 2.75) is 6.54 Å². The zero-order valence-corrected chi connectivity index (χ0v) is 7.61. The maximum atomic E-state index is 11.5. The second-order valence-corrected chi connectivity index (χ2v) is 3.00. The summed E-state index contributed by atoms with van der Waals surface area (Å²) >= 11 is 5.53. The Morgan fingerprint density at radius 3 is 3.00 bits per heavy atom. The molecule has 5 heteroatoms. The molecule has 0 amide bonds. The summed E-state index contributed by atoms with van der Waals surface area (Å²) in [6, 6.07) is 5.42. The predicted molar refractivity (Wildman–Crippen MR) is 50.2 cm³/mol. The normalized spacial score (nSPS) is 10.8. The summed E-state index contributed by atoms with van der Waals surface area (Å²) in [5, 5.41) is 4.08. The Hall–Kier alpha value is -1.29. The molecular weight excluding hydrogens is 190 g/mol. The molecule has 0 saturated heterocycles. The van der Waals surface area contributed by atoms with Gasteiger partial charge in [-0.05, 0) is 12.1 Å². The van der Waals surface area contributed by atoms with Gasteiger partial charge in [-0.15, -0.1) is 16.7 Å². The molecule has 13 heavy (non-hydrogen) atoms. The van der Waals surface area contributed by atoms with Gasteiger partial charge in [0.05, 0.1) is 6.54 Å². The van der Waals surface area contributed by atoms with E-state index in [4.69, 9.17) is 11.6 Å². The van der Waals surface area contributed by atoms with E-state index in [0.29, 0.717) is 18.1 Å². The van der Waals surface area contributed by atoms with Crippen molar-refractivity contribution in [2.24, 2.45) is 0 Å². The second-order valence-electron chi connectivity index (χ2n) is 2.62. The molecule has 2 heterocycles. The maximum absolute atomic E-state index is 11.5. The molecule has 0 atom stereocenters. The first-order chi connectivity index (χ1) is 6.33. The Morgan fingerprint density at radius 1 is 1.46 bits per heavy atom. The van der Waals surface area contributed by atoms with Crippen LogP contribution in [-0.4, -0.2) is 20.1 Å². The second kappa shape index (κ2) is 3.22. The van der Waals surface area contributed by atoms with Crippen LogP contribution in [0.3, 0.4) is 0 Å². The van der Waals surface area contributed by atoms with Crippen LogP contribution < -0.4 is 5.69 Å². The fourth-order valence-corrected chi connectivity index (χ4v) is 1.35. The molecule has 2 aromatic heterocycles. The Kier molecular flexibility index (Phi) is 2.06. The molecule has 2 rings (SSSR count). The van der Waals surface area contributed by atoms with E-state index in [1.165, 1.54) is 9.08 Å². The van der Waals surface area contributed by atoms with Gasteiger partial charge < -0.3 is 0 Å². The third-order valence-electron chi connectivity index (χ3n) is 1.78. The minimum atomic E-state index is -0.142. The number of pyridine rings is 1. The van der Waals surface area contributed by atoms with Gasteiger partial charge in [-0.25, -0.2) is 9.48 Å². The highest BCUT2D eigenvalue weighted by atomic mass is 35.5. The number of aryl methyl sites for hydroxylation is 1. The fourth-order valence-electron chi connectivity index (χ4n) is 1.19. The van der Waals surface area contributed by atoms with E-state index in [1.807, 2.05) is 6.07 Å². The molecule has 0 aromatic carbocycles. The molecule has 0 aliphatic rings. The van der Waals surface area contributed by atoms with Crippen molar-refractivity contribution in [1.29, 1.82) is 0 Å². The molecule has 0 N–H and O–H groups in total. The van der Waals surface area contributed by atoms with E-state index in [0.717, 1.165) is 0 Å². The number of halogens is 1. The number of rotatable bonds is 2. The number of hydrogen-bond acceptors (Lipinski definition) is 2. The summed E-state index contributed by atoms with van der Waals surface area (Å²) in [7, 11) is 0. The van der Waals surface area contributed by atoms with Gasteiger partial charge in [0.1, 0.15) is 0 Å².